The van der Waals surface area contributed by atoms with Gasteiger partial charge >= 0.3 is 5.97 Å². The van der Waals surface area contributed by atoms with E-state index < -0.39 is 11.9 Å². The largest absolute Gasteiger partial charge is 0.481 e. The SMILES string of the molecule is O=C(CCO)N/C=C/[C@@H](Cc1ccccc1)C(=O)O. The normalized spacial score (nSPS) is 12.3. The number of rotatable bonds is 7. The summed E-state index contributed by atoms with van der Waals surface area (Å²) in [5, 5.41) is 20.1. The molecular weight excluding hydrogens is 246 g/mol. The van der Waals surface area contributed by atoms with Crippen molar-refractivity contribution in [1.29, 1.82) is 0 Å². The number of aliphatic hydroxyl groups excluding tert-OH is 1. The Labute approximate surface area is 111 Å². The average molecular weight is 263 g/mol. The van der Waals surface area contributed by atoms with E-state index in [1.165, 1.54) is 12.3 Å². The van der Waals surface area contributed by atoms with Gasteiger partial charge in [0.1, 0.15) is 0 Å². The second-order valence-electron chi connectivity index (χ2n) is 4.03. The van der Waals surface area contributed by atoms with Crippen LogP contribution < -0.4 is 5.32 Å². The maximum Gasteiger partial charge on any atom is 0.310 e. The van der Waals surface area contributed by atoms with Crippen LogP contribution in [0, 0.1) is 5.92 Å². The number of aliphatic hydroxyl groups is 1. The first-order chi connectivity index (χ1) is 9.13. The molecular formula is C14H17NO4. The highest BCUT2D eigenvalue weighted by atomic mass is 16.4. The molecule has 0 bridgehead atoms. The van der Waals surface area contributed by atoms with Crippen molar-refractivity contribution < 1.29 is 19.8 Å². The lowest BCUT2D eigenvalue weighted by Crippen LogP contribution is -2.20. The molecule has 1 rings (SSSR count). The molecule has 5 nitrogen and oxygen atoms in total. The van der Waals surface area contributed by atoms with Crippen LogP contribution in [0.4, 0.5) is 0 Å². The van der Waals surface area contributed by atoms with Crippen molar-refractivity contribution >= 4 is 11.9 Å². The average Bonchev–Trinajstić information content (AvgIpc) is 2.39. The Morgan fingerprint density at radius 1 is 1.26 bits per heavy atom. The molecule has 3 N–H and O–H groups in total. The van der Waals surface area contributed by atoms with Crippen LogP contribution >= 0.6 is 0 Å². The van der Waals surface area contributed by atoms with E-state index in [0.29, 0.717) is 6.42 Å². The molecule has 0 aliphatic carbocycles. The Balaban J connectivity index is 2.56. The molecule has 19 heavy (non-hydrogen) atoms. The van der Waals surface area contributed by atoms with Crippen LogP contribution in [-0.4, -0.2) is 28.7 Å². The topological polar surface area (TPSA) is 86.6 Å². The molecule has 0 saturated carbocycles. The molecule has 0 fully saturated rings. The van der Waals surface area contributed by atoms with Crippen molar-refractivity contribution in [2.75, 3.05) is 6.61 Å². The van der Waals surface area contributed by atoms with Gasteiger partial charge in [-0.05, 0) is 12.0 Å². The standard InChI is InChI=1S/C14H17NO4/c16-9-7-13(17)15-8-6-12(14(18)19)10-11-4-2-1-3-5-11/h1-6,8,12,16H,7,9-10H2,(H,15,17)(H,18,19)/b8-6+/t12-/m0/s1. The van der Waals surface area contributed by atoms with Crippen LogP contribution in [0.5, 0.6) is 0 Å². The number of benzene rings is 1. The molecule has 1 atom stereocenters. The lowest BCUT2D eigenvalue weighted by Gasteiger charge is -2.07. The third kappa shape index (κ3) is 5.83. The summed E-state index contributed by atoms with van der Waals surface area (Å²) in [7, 11) is 0. The number of hydrogen-bond acceptors (Lipinski definition) is 3. The Kier molecular flexibility index (Phi) is 6.32. The second-order valence-corrected chi connectivity index (χ2v) is 4.03. The number of nitrogens with one attached hydrogen (secondary N) is 1. The first-order valence-electron chi connectivity index (χ1n) is 5.97. The van der Waals surface area contributed by atoms with E-state index >= 15 is 0 Å². The monoisotopic (exact) mass is 263 g/mol. The third-order valence-corrected chi connectivity index (χ3v) is 2.53. The van der Waals surface area contributed by atoms with E-state index in [4.69, 9.17) is 10.2 Å². The van der Waals surface area contributed by atoms with Gasteiger partial charge in [0.05, 0.1) is 18.9 Å². The summed E-state index contributed by atoms with van der Waals surface area (Å²) in [4.78, 5) is 22.2. The Morgan fingerprint density at radius 3 is 2.53 bits per heavy atom. The van der Waals surface area contributed by atoms with Gasteiger partial charge in [-0.2, -0.15) is 0 Å². The van der Waals surface area contributed by atoms with Gasteiger partial charge < -0.3 is 15.5 Å². The molecule has 0 heterocycles. The molecule has 0 unspecified atom stereocenters. The molecule has 0 saturated heterocycles. The van der Waals surface area contributed by atoms with Gasteiger partial charge in [0, 0.05) is 6.20 Å². The summed E-state index contributed by atoms with van der Waals surface area (Å²) in [6.45, 7) is -0.230. The molecule has 0 aliphatic rings. The van der Waals surface area contributed by atoms with E-state index in [9.17, 15) is 9.59 Å². The fraction of sp³-hybridized carbons (Fsp3) is 0.286. The van der Waals surface area contributed by atoms with Gasteiger partial charge in [0.2, 0.25) is 5.91 Å². The van der Waals surface area contributed by atoms with Gasteiger partial charge in [-0.25, -0.2) is 0 Å². The summed E-state index contributed by atoms with van der Waals surface area (Å²) in [5.41, 5.74) is 0.918. The quantitative estimate of drug-likeness (QED) is 0.683. The van der Waals surface area contributed by atoms with Gasteiger partial charge in [-0.3, -0.25) is 9.59 Å². The lowest BCUT2D eigenvalue weighted by atomic mass is 9.99. The molecule has 1 aromatic rings. The van der Waals surface area contributed by atoms with Gasteiger partial charge in [-0.15, -0.1) is 0 Å². The molecule has 0 aliphatic heterocycles. The van der Waals surface area contributed by atoms with Crippen LogP contribution in [0.15, 0.2) is 42.6 Å². The highest BCUT2D eigenvalue weighted by Gasteiger charge is 2.14. The number of amides is 1. The molecule has 1 aromatic carbocycles. The molecule has 5 heteroatoms. The number of carboxylic acids is 1. The third-order valence-electron chi connectivity index (χ3n) is 2.53. The van der Waals surface area contributed by atoms with Crippen molar-refractivity contribution in [2.45, 2.75) is 12.8 Å². The Morgan fingerprint density at radius 2 is 1.95 bits per heavy atom. The van der Waals surface area contributed by atoms with Crippen molar-refractivity contribution in [2.24, 2.45) is 5.92 Å². The van der Waals surface area contributed by atoms with Crippen LogP contribution in [0.3, 0.4) is 0 Å². The van der Waals surface area contributed by atoms with Crippen molar-refractivity contribution in [3.63, 3.8) is 0 Å². The Bertz CT molecular complexity index is 442. The fourth-order valence-electron chi connectivity index (χ4n) is 1.54. The molecule has 1 amide bonds. The maximum atomic E-state index is 11.1. The Hall–Kier alpha value is -2.14. The van der Waals surface area contributed by atoms with Crippen molar-refractivity contribution in [3.05, 3.63) is 48.2 Å². The van der Waals surface area contributed by atoms with Crippen LogP contribution in [0.1, 0.15) is 12.0 Å². The van der Waals surface area contributed by atoms with E-state index in [-0.39, 0.29) is 18.9 Å². The predicted octanol–water partition coefficient (Wildman–Crippen LogP) is 0.942. The van der Waals surface area contributed by atoms with Gasteiger partial charge in [0.25, 0.3) is 0 Å². The van der Waals surface area contributed by atoms with Gasteiger partial charge in [0.15, 0.2) is 0 Å². The van der Waals surface area contributed by atoms with Crippen LogP contribution in [0.25, 0.3) is 0 Å². The smallest absolute Gasteiger partial charge is 0.310 e. The number of carboxylic acid groups (broad SMARTS) is 1. The minimum absolute atomic E-state index is 0.000757. The van der Waals surface area contributed by atoms with E-state index in [1.807, 2.05) is 30.3 Å². The highest BCUT2D eigenvalue weighted by molar-refractivity contribution is 5.77. The molecule has 102 valence electrons. The molecule has 0 aromatic heterocycles. The predicted molar refractivity (Wildman–Crippen MR) is 70.3 cm³/mol. The highest BCUT2D eigenvalue weighted by Crippen LogP contribution is 2.10. The maximum absolute atomic E-state index is 11.1. The summed E-state index contributed by atoms with van der Waals surface area (Å²) >= 11 is 0. The fourth-order valence-corrected chi connectivity index (χ4v) is 1.54. The minimum Gasteiger partial charge on any atom is -0.481 e. The van der Waals surface area contributed by atoms with E-state index in [0.717, 1.165) is 5.56 Å². The number of aliphatic carboxylic acids is 1. The summed E-state index contributed by atoms with van der Waals surface area (Å²) in [5.74, 6) is -1.99. The first-order valence-corrected chi connectivity index (χ1v) is 5.97. The number of carbonyl (C=O) groups excluding carboxylic acids is 1. The van der Waals surface area contributed by atoms with E-state index in [2.05, 4.69) is 5.32 Å². The zero-order chi connectivity index (χ0) is 14.1. The van der Waals surface area contributed by atoms with Gasteiger partial charge in [-0.1, -0.05) is 36.4 Å². The second kappa shape index (κ2) is 8.05. The van der Waals surface area contributed by atoms with Crippen molar-refractivity contribution in [1.82, 2.24) is 5.32 Å². The zero-order valence-electron chi connectivity index (χ0n) is 10.5. The lowest BCUT2D eigenvalue weighted by molar-refractivity contribution is -0.140. The van der Waals surface area contributed by atoms with Crippen molar-refractivity contribution in [3.8, 4) is 0 Å². The summed E-state index contributed by atoms with van der Waals surface area (Å²) in [6.07, 6.45) is 3.12. The minimum atomic E-state index is -0.948. The summed E-state index contributed by atoms with van der Waals surface area (Å²) < 4.78 is 0. The van der Waals surface area contributed by atoms with E-state index in [1.54, 1.807) is 0 Å². The first kappa shape index (κ1) is 14.9. The van der Waals surface area contributed by atoms with Crippen LogP contribution in [-0.2, 0) is 16.0 Å². The molecule has 0 radical (unpaired) electrons. The number of carbonyl (C=O) groups is 2. The van der Waals surface area contributed by atoms with Crippen LogP contribution in [0.2, 0.25) is 0 Å². The zero-order valence-corrected chi connectivity index (χ0v) is 10.5. The number of hydrogen-bond donors (Lipinski definition) is 3. The molecule has 0 spiro atoms. The summed E-state index contributed by atoms with van der Waals surface area (Å²) in [6, 6.07) is 9.27.